The van der Waals surface area contributed by atoms with Crippen LogP contribution in [0.25, 0.3) is 0 Å². The molecule has 1 heterocycles. The molecule has 0 spiro atoms. The van der Waals surface area contributed by atoms with E-state index in [1.54, 1.807) is 6.92 Å². The second-order valence-electron chi connectivity index (χ2n) is 4.04. The Kier molecular flexibility index (Phi) is 6.17. The maximum Gasteiger partial charge on any atom is 0.328 e. The Hall–Kier alpha value is -1.21. The number of nitrogens with one attached hydrogen (secondary N) is 1. The van der Waals surface area contributed by atoms with Crippen LogP contribution in [0, 0.1) is 0 Å². The second kappa shape index (κ2) is 7.40. The van der Waals surface area contributed by atoms with Crippen LogP contribution in [-0.4, -0.2) is 34.3 Å². The summed E-state index contributed by atoms with van der Waals surface area (Å²) in [6.07, 6.45) is 1.38. The molecule has 0 bridgehead atoms. The van der Waals surface area contributed by atoms with Crippen molar-refractivity contribution in [3.8, 4) is 0 Å². The van der Waals surface area contributed by atoms with Crippen molar-refractivity contribution in [2.75, 3.05) is 13.7 Å². The molecule has 0 aliphatic heterocycles. The van der Waals surface area contributed by atoms with Crippen molar-refractivity contribution < 1.29 is 18.7 Å². The van der Waals surface area contributed by atoms with Crippen LogP contribution in [-0.2, 0) is 13.8 Å². The van der Waals surface area contributed by atoms with Crippen LogP contribution in [0.5, 0.6) is 0 Å². The summed E-state index contributed by atoms with van der Waals surface area (Å²) in [6, 6.07) is 1.00. The topological polar surface area (TPSA) is 111 Å². The second-order valence-corrected chi connectivity index (χ2v) is 4.86. The number of hydrogen-bond acceptors (Lipinski definition) is 5. The molecule has 1 unspecified atom stereocenters. The van der Waals surface area contributed by atoms with E-state index in [-0.39, 0.29) is 12.6 Å². The van der Waals surface area contributed by atoms with Crippen molar-refractivity contribution in [2.45, 2.75) is 25.5 Å². The highest BCUT2D eigenvalue weighted by Gasteiger charge is 2.16. The van der Waals surface area contributed by atoms with Gasteiger partial charge in [0.2, 0.25) is 0 Å². The molecule has 0 fully saturated rings. The van der Waals surface area contributed by atoms with E-state index in [1.165, 1.54) is 23.9 Å². The van der Waals surface area contributed by atoms with Crippen LogP contribution in [0.3, 0.4) is 0 Å². The summed E-state index contributed by atoms with van der Waals surface area (Å²) in [7, 11) is -1.55. The molecule has 0 aliphatic rings. The minimum atomic E-state index is -3.00. The van der Waals surface area contributed by atoms with E-state index in [4.69, 9.17) is 9.63 Å². The smallest absolute Gasteiger partial charge is 0.328 e. The first-order valence-electron chi connectivity index (χ1n) is 5.64. The summed E-state index contributed by atoms with van der Waals surface area (Å²) < 4.78 is 21.6. The van der Waals surface area contributed by atoms with Crippen LogP contribution in [0.1, 0.15) is 19.4 Å². The molecule has 19 heavy (non-hydrogen) atoms. The molecule has 0 saturated heterocycles. The molecular weight excluding hydrogens is 275 g/mol. The molecule has 2 N–H and O–H groups in total. The van der Waals surface area contributed by atoms with E-state index in [0.29, 0.717) is 6.42 Å². The third-order valence-electron chi connectivity index (χ3n) is 2.66. The van der Waals surface area contributed by atoms with Crippen molar-refractivity contribution in [3.05, 3.63) is 33.1 Å². The summed E-state index contributed by atoms with van der Waals surface area (Å²) in [6.45, 7) is 1.74. The molecule has 0 aliphatic carbocycles. The fourth-order valence-electron chi connectivity index (χ4n) is 1.66. The zero-order valence-electron chi connectivity index (χ0n) is 10.7. The highest BCUT2D eigenvalue weighted by Crippen LogP contribution is 2.19. The van der Waals surface area contributed by atoms with Gasteiger partial charge in [-0.05, 0) is 13.3 Å². The zero-order chi connectivity index (χ0) is 14.4. The average molecular weight is 292 g/mol. The molecule has 9 heteroatoms. The number of H-pyrrole nitrogens is 1. The molecule has 0 amide bonds. The van der Waals surface area contributed by atoms with Crippen molar-refractivity contribution in [1.82, 2.24) is 9.55 Å². The Morgan fingerprint density at radius 3 is 2.74 bits per heavy atom. The highest BCUT2D eigenvalue weighted by molar-refractivity contribution is 7.32. The minimum absolute atomic E-state index is 0.0345. The summed E-state index contributed by atoms with van der Waals surface area (Å²) >= 11 is 0. The Morgan fingerprint density at radius 2 is 2.21 bits per heavy atom. The number of ether oxygens (including phenoxy) is 1. The Labute approximate surface area is 109 Å². The lowest BCUT2D eigenvalue weighted by Crippen LogP contribution is -2.32. The fraction of sp³-hybridized carbons (Fsp3) is 0.600. The maximum absolute atomic E-state index is 11.6. The number of aromatic amines is 1. The van der Waals surface area contributed by atoms with Crippen LogP contribution in [0.2, 0.25) is 0 Å². The third-order valence-corrected chi connectivity index (χ3v) is 3.07. The van der Waals surface area contributed by atoms with Gasteiger partial charge in [-0.25, -0.2) is 4.79 Å². The lowest BCUT2D eigenvalue weighted by Gasteiger charge is -2.20. The zero-order valence-corrected chi connectivity index (χ0v) is 11.7. The number of nitrogens with zero attached hydrogens (tertiary/aromatic N) is 1. The van der Waals surface area contributed by atoms with E-state index in [9.17, 15) is 14.2 Å². The normalized spacial score (nSPS) is 15.9. The summed E-state index contributed by atoms with van der Waals surface area (Å²) in [4.78, 5) is 33.3. The SMILES string of the molecule is CO[C@H](CO[PH](=O)O)C[C@H](C)n1ccc(=O)[nH]c1=O. The number of rotatable bonds is 7. The molecule has 1 rings (SSSR count). The molecule has 8 nitrogen and oxygen atoms in total. The Bertz CT molecular complexity index is 539. The molecule has 1 aromatic rings. The lowest BCUT2D eigenvalue weighted by atomic mass is 10.1. The summed E-state index contributed by atoms with van der Waals surface area (Å²) in [5, 5.41) is 0. The molecule has 0 aromatic carbocycles. The Morgan fingerprint density at radius 1 is 1.53 bits per heavy atom. The molecule has 0 radical (unpaired) electrons. The monoisotopic (exact) mass is 292 g/mol. The van der Waals surface area contributed by atoms with E-state index in [1.807, 2.05) is 0 Å². The van der Waals surface area contributed by atoms with Crippen molar-refractivity contribution >= 4 is 8.25 Å². The molecule has 108 valence electrons. The first-order valence-corrected chi connectivity index (χ1v) is 6.90. The van der Waals surface area contributed by atoms with Gasteiger partial charge in [-0.15, -0.1) is 0 Å². The van der Waals surface area contributed by atoms with Gasteiger partial charge in [-0.1, -0.05) is 0 Å². The van der Waals surface area contributed by atoms with Gasteiger partial charge in [0.05, 0.1) is 12.7 Å². The third kappa shape index (κ3) is 5.12. The first kappa shape index (κ1) is 15.8. The largest absolute Gasteiger partial charge is 0.379 e. The van der Waals surface area contributed by atoms with Crippen LogP contribution >= 0.6 is 8.25 Å². The predicted octanol–water partition coefficient (Wildman–Crippen LogP) is -0.0987. The predicted molar refractivity (Wildman–Crippen MR) is 68.6 cm³/mol. The van der Waals surface area contributed by atoms with Gasteiger partial charge >= 0.3 is 13.9 Å². The van der Waals surface area contributed by atoms with Gasteiger partial charge in [0.25, 0.3) is 5.56 Å². The fourth-order valence-corrected chi connectivity index (χ4v) is 1.99. The van der Waals surface area contributed by atoms with E-state index in [0.717, 1.165) is 0 Å². The van der Waals surface area contributed by atoms with Crippen LogP contribution in [0.4, 0.5) is 0 Å². The van der Waals surface area contributed by atoms with Crippen molar-refractivity contribution in [2.24, 2.45) is 0 Å². The van der Waals surface area contributed by atoms with Crippen molar-refractivity contribution in [3.63, 3.8) is 0 Å². The molecule has 1 aromatic heterocycles. The van der Waals surface area contributed by atoms with Gasteiger partial charge < -0.3 is 14.2 Å². The lowest BCUT2D eigenvalue weighted by molar-refractivity contribution is 0.0414. The molecule has 0 saturated carbocycles. The molecular formula is C10H17N2O6P. The highest BCUT2D eigenvalue weighted by atomic mass is 31.1. The number of methoxy groups -OCH3 is 1. The minimum Gasteiger partial charge on any atom is -0.379 e. The number of aromatic nitrogens is 2. The first-order chi connectivity index (χ1) is 8.93. The van der Waals surface area contributed by atoms with Gasteiger partial charge in [-0.2, -0.15) is 0 Å². The van der Waals surface area contributed by atoms with Gasteiger partial charge in [0, 0.05) is 25.4 Å². The standard InChI is InChI=1S/C10H17N2O6P/c1-7(5-8(17-2)6-18-19(15)16)12-4-3-9(13)11-10(12)14/h3-4,7-8,19H,5-6H2,1-2H3,(H,15,16)(H,11,13,14)/t7-,8-/m0/s1. The van der Waals surface area contributed by atoms with E-state index < -0.39 is 25.6 Å². The van der Waals surface area contributed by atoms with Gasteiger partial charge in [0.15, 0.2) is 0 Å². The van der Waals surface area contributed by atoms with Gasteiger partial charge in [0.1, 0.15) is 0 Å². The molecule has 3 atom stereocenters. The van der Waals surface area contributed by atoms with Crippen molar-refractivity contribution in [1.29, 1.82) is 0 Å². The number of hydrogen-bond donors (Lipinski definition) is 2. The maximum atomic E-state index is 11.6. The van der Waals surface area contributed by atoms with E-state index >= 15 is 0 Å². The average Bonchev–Trinajstić information content (AvgIpc) is 2.33. The Balaban J connectivity index is 2.71. The summed E-state index contributed by atoms with van der Waals surface area (Å²) in [5.41, 5.74) is -0.967. The van der Waals surface area contributed by atoms with Crippen LogP contribution in [0.15, 0.2) is 21.9 Å². The van der Waals surface area contributed by atoms with Gasteiger partial charge in [-0.3, -0.25) is 18.9 Å². The summed E-state index contributed by atoms with van der Waals surface area (Å²) in [5.74, 6) is 0. The quantitative estimate of drug-likeness (QED) is 0.679. The van der Waals surface area contributed by atoms with E-state index in [2.05, 4.69) is 9.51 Å². The van der Waals surface area contributed by atoms with Crippen LogP contribution < -0.4 is 11.2 Å².